The number of hydrogen-bond donors (Lipinski definition) is 1. The van der Waals surface area contributed by atoms with Crippen LogP contribution in [0.15, 0.2) is 78.9 Å². The zero-order chi connectivity index (χ0) is 20.9. The van der Waals surface area contributed by atoms with E-state index in [0.717, 1.165) is 16.9 Å². The Morgan fingerprint density at radius 3 is 2.14 bits per heavy atom. The van der Waals surface area contributed by atoms with Crippen molar-refractivity contribution < 1.29 is 9.09 Å². The summed E-state index contributed by atoms with van der Waals surface area (Å²) in [6, 6.07) is 24.8. The van der Waals surface area contributed by atoms with Crippen LogP contribution in [0.3, 0.4) is 0 Å². The van der Waals surface area contributed by atoms with E-state index in [2.05, 4.69) is 5.32 Å². The first-order chi connectivity index (χ1) is 13.9. The summed E-state index contributed by atoms with van der Waals surface area (Å²) in [6.07, 6.45) is 0. The molecule has 3 rings (SSSR count). The van der Waals surface area contributed by atoms with Gasteiger partial charge in [0.2, 0.25) is 0 Å². The fourth-order valence-corrected chi connectivity index (χ4v) is 5.70. The summed E-state index contributed by atoms with van der Waals surface area (Å²) >= 11 is 6.09. The first-order valence-corrected chi connectivity index (χ1v) is 11.6. The Morgan fingerprint density at radius 2 is 1.59 bits per heavy atom. The summed E-state index contributed by atoms with van der Waals surface area (Å²) in [4.78, 5) is 2.01. The van der Waals surface area contributed by atoms with Gasteiger partial charge >= 0.3 is 0 Å². The number of nitrogens with zero attached hydrogens (tertiary/aromatic N) is 1. The van der Waals surface area contributed by atoms with Gasteiger partial charge in [0.1, 0.15) is 5.78 Å². The standard InChI is InChI=1S/C23H26ClN2O2P/c1-4-28-29(27,22-16-14-21(15-17-22)26(2)3)23(18-10-12-19(24)13-11-18)25-20-8-6-5-7-9-20/h5-17,23,25H,4H2,1-3H3. The number of hydrogen-bond acceptors (Lipinski definition) is 4. The number of nitrogens with one attached hydrogen (secondary N) is 1. The van der Waals surface area contributed by atoms with Gasteiger partial charge in [-0.3, -0.25) is 4.57 Å². The fraction of sp³-hybridized carbons (Fsp3) is 0.217. The predicted molar refractivity (Wildman–Crippen MR) is 124 cm³/mol. The zero-order valence-electron chi connectivity index (χ0n) is 16.9. The van der Waals surface area contributed by atoms with Crippen LogP contribution in [0.2, 0.25) is 5.02 Å². The predicted octanol–water partition coefficient (Wildman–Crippen LogP) is 6.16. The summed E-state index contributed by atoms with van der Waals surface area (Å²) in [5.74, 6) is -0.549. The third-order valence-electron chi connectivity index (χ3n) is 4.65. The monoisotopic (exact) mass is 428 g/mol. The number of halogens is 1. The van der Waals surface area contributed by atoms with Crippen molar-refractivity contribution in [3.8, 4) is 0 Å². The van der Waals surface area contributed by atoms with Crippen molar-refractivity contribution in [2.45, 2.75) is 12.7 Å². The lowest BCUT2D eigenvalue weighted by molar-refractivity contribution is 0.335. The van der Waals surface area contributed by atoms with E-state index in [0.29, 0.717) is 16.9 Å². The summed E-state index contributed by atoms with van der Waals surface area (Å²) in [5, 5.41) is 4.74. The quantitative estimate of drug-likeness (QED) is 0.436. The highest BCUT2D eigenvalue weighted by molar-refractivity contribution is 7.67. The maximum atomic E-state index is 14.4. The van der Waals surface area contributed by atoms with Gasteiger partial charge in [-0.2, -0.15) is 0 Å². The Bertz CT molecular complexity index is 960. The second-order valence-corrected chi connectivity index (χ2v) is 9.81. The van der Waals surface area contributed by atoms with E-state index in [1.165, 1.54) is 0 Å². The molecule has 0 radical (unpaired) electrons. The van der Waals surface area contributed by atoms with Crippen molar-refractivity contribution in [2.75, 3.05) is 30.9 Å². The molecule has 4 nitrogen and oxygen atoms in total. The van der Waals surface area contributed by atoms with E-state index in [1.54, 1.807) is 0 Å². The van der Waals surface area contributed by atoms with Gasteiger partial charge in [-0.1, -0.05) is 41.9 Å². The molecule has 29 heavy (non-hydrogen) atoms. The molecule has 0 bridgehead atoms. The SMILES string of the molecule is CCOP(=O)(c1ccc(N(C)C)cc1)C(Nc1ccccc1)c1ccc(Cl)cc1. The lowest BCUT2D eigenvalue weighted by Crippen LogP contribution is -2.21. The van der Waals surface area contributed by atoms with Gasteiger partial charge in [-0.05, 0) is 61.0 Å². The Balaban J connectivity index is 2.09. The lowest BCUT2D eigenvalue weighted by Gasteiger charge is -2.30. The molecule has 0 saturated carbocycles. The molecular formula is C23H26ClN2O2P. The maximum absolute atomic E-state index is 14.4. The van der Waals surface area contributed by atoms with Gasteiger partial charge < -0.3 is 14.7 Å². The average Bonchev–Trinajstić information content (AvgIpc) is 2.74. The largest absolute Gasteiger partial charge is 0.378 e. The van der Waals surface area contributed by atoms with Crippen LogP contribution in [0.4, 0.5) is 11.4 Å². The Kier molecular flexibility index (Phi) is 7.02. The number of benzene rings is 3. The van der Waals surface area contributed by atoms with Crippen LogP contribution < -0.4 is 15.5 Å². The molecule has 0 aliphatic rings. The highest BCUT2D eigenvalue weighted by Crippen LogP contribution is 2.59. The van der Waals surface area contributed by atoms with Crippen molar-refractivity contribution >= 4 is 35.6 Å². The molecule has 152 valence electrons. The molecule has 3 aromatic rings. The van der Waals surface area contributed by atoms with E-state index in [1.807, 2.05) is 105 Å². The van der Waals surface area contributed by atoms with Crippen molar-refractivity contribution in [1.29, 1.82) is 0 Å². The normalized spacial score (nSPS) is 14.1. The van der Waals surface area contributed by atoms with Crippen LogP contribution in [-0.4, -0.2) is 20.7 Å². The molecule has 3 aromatic carbocycles. The maximum Gasteiger partial charge on any atom is 0.258 e. The zero-order valence-corrected chi connectivity index (χ0v) is 18.5. The Morgan fingerprint density at radius 1 is 0.966 bits per heavy atom. The topological polar surface area (TPSA) is 41.6 Å². The molecule has 6 heteroatoms. The highest BCUT2D eigenvalue weighted by Gasteiger charge is 2.37. The van der Waals surface area contributed by atoms with Crippen LogP contribution in [0, 0.1) is 0 Å². The first-order valence-electron chi connectivity index (χ1n) is 9.53. The van der Waals surface area contributed by atoms with Crippen LogP contribution in [-0.2, 0) is 9.09 Å². The molecule has 1 N–H and O–H groups in total. The minimum atomic E-state index is -3.31. The smallest absolute Gasteiger partial charge is 0.258 e. The second kappa shape index (κ2) is 9.49. The summed E-state index contributed by atoms with van der Waals surface area (Å²) in [7, 11) is 0.646. The van der Waals surface area contributed by atoms with Crippen LogP contribution in [0.1, 0.15) is 18.3 Å². The van der Waals surface area contributed by atoms with Crippen molar-refractivity contribution in [3.63, 3.8) is 0 Å². The lowest BCUT2D eigenvalue weighted by atomic mass is 10.2. The molecule has 0 aromatic heterocycles. The first kappa shape index (κ1) is 21.4. The average molecular weight is 429 g/mol. The van der Waals surface area contributed by atoms with E-state index in [-0.39, 0.29) is 0 Å². The molecule has 0 saturated heterocycles. The summed E-state index contributed by atoms with van der Waals surface area (Å²) < 4.78 is 20.3. The second-order valence-electron chi connectivity index (χ2n) is 6.89. The number of anilines is 2. The van der Waals surface area contributed by atoms with Crippen molar-refractivity contribution in [3.05, 3.63) is 89.4 Å². The van der Waals surface area contributed by atoms with Gasteiger partial charge in [-0.25, -0.2) is 0 Å². The minimum absolute atomic E-state index is 0.341. The molecular weight excluding hydrogens is 403 g/mol. The number of rotatable bonds is 8. The van der Waals surface area contributed by atoms with Gasteiger partial charge in [0.05, 0.1) is 6.61 Å². The van der Waals surface area contributed by atoms with Crippen molar-refractivity contribution in [2.24, 2.45) is 0 Å². The van der Waals surface area contributed by atoms with Gasteiger partial charge in [0, 0.05) is 35.8 Å². The molecule has 2 atom stereocenters. The third kappa shape index (κ3) is 5.02. The van der Waals surface area contributed by atoms with E-state index < -0.39 is 13.2 Å². The summed E-state index contributed by atoms with van der Waals surface area (Å²) in [5.41, 5.74) is 2.76. The van der Waals surface area contributed by atoms with E-state index >= 15 is 0 Å². The fourth-order valence-electron chi connectivity index (χ4n) is 3.15. The molecule has 0 spiro atoms. The Hall–Kier alpha value is -2.26. The molecule has 0 aliphatic carbocycles. The minimum Gasteiger partial charge on any atom is -0.378 e. The van der Waals surface area contributed by atoms with E-state index in [4.69, 9.17) is 16.1 Å². The van der Waals surface area contributed by atoms with Crippen molar-refractivity contribution in [1.82, 2.24) is 0 Å². The molecule has 0 aliphatic heterocycles. The number of para-hydroxylation sites is 1. The Labute approximate surface area is 177 Å². The molecule has 2 unspecified atom stereocenters. The third-order valence-corrected chi connectivity index (χ3v) is 7.67. The summed E-state index contributed by atoms with van der Waals surface area (Å²) in [6.45, 7) is 2.20. The van der Waals surface area contributed by atoms with Gasteiger partial charge in [0.25, 0.3) is 7.37 Å². The van der Waals surface area contributed by atoms with Crippen LogP contribution in [0.5, 0.6) is 0 Å². The van der Waals surface area contributed by atoms with Gasteiger partial charge in [0.15, 0.2) is 0 Å². The van der Waals surface area contributed by atoms with Gasteiger partial charge in [-0.15, -0.1) is 0 Å². The highest BCUT2D eigenvalue weighted by atomic mass is 35.5. The van der Waals surface area contributed by atoms with E-state index in [9.17, 15) is 4.57 Å². The molecule has 0 heterocycles. The van der Waals surface area contributed by atoms with Crippen LogP contribution >= 0.6 is 19.0 Å². The molecule has 0 amide bonds. The molecule has 0 fully saturated rings. The van der Waals surface area contributed by atoms with Crippen LogP contribution in [0.25, 0.3) is 0 Å².